The number of nitrogens with zero attached hydrogens (tertiary/aromatic N) is 1. The number of thiophene rings is 1. The van der Waals surface area contributed by atoms with E-state index in [4.69, 9.17) is 0 Å². The van der Waals surface area contributed by atoms with Crippen molar-refractivity contribution in [2.45, 2.75) is 19.3 Å². The third-order valence-electron chi connectivity index (χ3n) is 7.97. The average Bonchev–Trinajstić information content (AvgIpc) is 3.51. The summed E-state index contributed by atoms with van der Waals surface area (Å²) in [5.74, 6) is 0. The number of hydrogen-bond acceptors (Lipinski definition) is 1. The van der Waals surface area contributed by atoms with E-state index in [0.717, 1.165) is 0 Å². The molecule has 2 aromatic heterocycles. The highest BCUT2D eigenvalue weighted by Crippen LogP contribution is 2.53. The summed E-state index contributed by atoms with van der Waals surface area (Å²) >= 11 is 1.91. The minimum atomic E-state index is -0.0778. The van der Waals surface area contributed by atoms with Gasteiger partial charge < -0.3 is 4.57 Å². The minimum Gasteiger partial charge on any atom is -0.307 e. The zero-order valence-corrected chi connectivity index (χ0v) is 20.5. The highest BCUT2D eigenvalue weighted by atomic mass is 32.1. The van der Waals surface area contributed by atoms with Crippen LogP contribution in [0.15, 0.2) is 103 Å². The average molecular weight is 466 g/mol. The maximum absolute atomic E-state index is 2.55. The Labute approximate surface area is 207 Å². The number of fused-ring (bicyclic) bond motifs is 11. The molecule has 1 nitrogen and oxygen atoms in total. The monoisotopic (exact) mass is 465 g/mol. The molecule has 0 spiro atoms. The number of para-hydroxylation sites is 1. The fraction of sp³-hybridized carbons (Fsp3) is 0.0909. The molecule has 0 aliphatic heterocycles. The van der Waals surface area contributed by atoms with Crippen molar-refractivity contribution < 1.29 is 0 Å². The van der Waals surface area contributed by atoms with E-state index >= 15 is 0 Å². The van der Waals surface area contributed by atoms with Crippen LogP contribution in [0.5, 0.6) is 0 Å². The Morgan fingerprint density at radius 2 is 1.26 bits per heavy atom. The third-order valence-corrected chi connectivity index (χ3v) is 9.16. The molecule has 8 rings (SSSR count). The Morgan fingerprint density at radius 3 is 2.14 bits per heavy atom. The predicted molar refractivity (Wildman–Crippen MR) is 151 cm³/mol. The number of rotatable bonds is 1. The van der Waals surface area contributed by atoms with Gasteiger partial charge in [-0.1, -0.05) is 98.8 Å². The first-order valence-corrected chi connectivity index (χ1v) is 13.0. The van der Waals surface area contributed by atoms with Crippen molar-refractivity contribution in [3.05, 3.63) is 114 Å². The topological polar surface area (TPSA) is 4.93 Å². The molecule has 0 amide bonds. The van der Waals surface area contributed by atoms with Crippen LogP contribution >= 0.6 is 11.3 Å². The van der Waals surface area contributed by atoms with E-state index in [0.29, 0.717) is 0 Å². The number of hydrogen-bond donors (Lipinski definition) is 0. The number of benzene rings is 5. The molecule has 0 atom stereocenters. The first kappa shape index (κ1) is 19.4. The maximum Gasteiger partial charge on any atom is 0.0719 e. The Bertz CT molecular complexity index is 1970. The van der Waals surface area contributed by atoms with Crippen LogP contribution in [0.4, 0.5) is 0 Å². The molecule has 0 fully saturated rings. The Balaban J connectivity index is 1.65. The highest BCUT2D eigenvalue weighted by molar-refractivity contribution is 7.26. The molecule has 2 heterocycles. The molecule has 0 saturated heterocycles. The molecule has 166 valence electrons. The Kier molecular flexibility index (Phi) is 3.67. The fourth-order valence-corrected chi connectivity index (χ4v) is 7.70. The quantitative estimate of drug-likeness (QED) is 0.227. The van der Waals surface area contributed by atoms with Gasteiger partial charge in [-0.05, 0) is 40.5 Å². The van der Waals surface area contributed by atoms with Crippen molar-refractivity contribution in [3.8, 4) is 16.8 Å². The smallest absolute Gasteiger partial charge is 0.0719 e. The molecule has 2 heteroatoms. The molecule has 0 unspecified atom stereocenters. The molecule has 0 bridgehead atoms. The van der Waals surface area contributed by atoms with Crippen molar-refractivity contribution in [2.75, 3.05) is 0 Å². The van der Waals surface area contributed by atoms with Gasteiger partial charge in [0.25, 0.3) is 0 Å². The molecule has 0 N–H and O–H groups in total. The summed E-state index contributed by atoms with van der Waals surface area (Å²) in [4.78, 5) is 0. The van der Waals surface area contributed by atoms with Gasteiger partial charge in [0.2, 0.25) is 0 Å². The second-order valence-electron chi connectivity index (χ2n) is 10.2. The van der Waals surface area contributed by atoms with E-state index in [1.807, 2.05) is 11.3 Å². The zero-order valence-electron chi connectivity index (χ0n) is 19.7. The lowest BCUT2D eigenvalue weighted by Gasteiger charge is -2.23. The lowest BCUT2D eigenvalue weighted by molar-refractivity contribution is 0.664. The van der Waals surface area contributed by atoms with Crippen LogP contribution in [-0.2, 0) is 5.41 Å². The summed E-state index contributed by atoms with van der Waals surface area (Å²) in [6, 6.07) is 38.0. The first-order chi connectivity index (χ1) is 17.1. The van der Waals surface area contributed by atoms with Crippen molar-refractivity contribution >= 4 is 53.3 Å². The lowest BCUT2D eigenvalue weighted by atomic mass is 9.81. The van der Waals surface area contributed by atoms with E-state index in [1.165, 1.54) is 69.9 Å². The van der Waals surface area contributed by atoms with Crippen molar-refractivity contribution in [3.63, 3.8) is 0 Å². The van der Waals surface area contributed by atoms with Crippen LogP contribution in [0.25, 0.3) is 58.8 Å². The van der Waals surface area contributed by atoms with E-state index in [-0.39, 0.29) is 5.41 Å². The van der Waals surface area contributed by atoms with E-state index < -0.39 is 0 Å². The molecule has 5 aromatic carbocycles. The summed E-state index contributed by atoms with van der Waals surface area (Å²) < 4.78 is 5.26. The SMILES string of the molecule is CC1(C)c2ccccc2-c2ccc3c4ccc5c6ccccc6sc5c4n(-c4ccccc4)c3c21. The van der Waals surface area contributed by atoms with Crippen LogP contribution in [0, 0.1) is 0 Å². The molecular formula is C33H23NS. The highest BCUT2D eigenvalue weighted by Gasteiger charge is 2.38. The van der Waals surface area contributed by atoms with Gasteiger partial charge in [-0.15, -0.1) is 11.3 Å². The fourth-order valence-electron chi connectivity index (χ4n) is 6.46. The summed E-state index contributed by atoms with van der Waals surface area (Å²) in [6.45, 7) is 4.78. The normalized spacial score (nSPS) is 14.2. The zero-order chi connectivity index (χ0) is 23.3. The molecule has 7 aromatic rings. The van der Waals surface area contributed by atoms with Crippen LogP contribution in [0.2, 0.25) is 0 Å². The van der Waals surface area contributed by atoms with E-state index in [1.54, 1.807) is 0 Å². The van der Waals surface area contributed by atoms with Crippen molar-refractivity contribution in [1.29, 1.82) is 0 Å². The van der Waals surface area contributed by atoms with Crippen molar-refractivity contribution in [2.24, 2.45) is 0 Å². The van der Waals surface area contributed by atoms with Gasteiger partial charge in [-0.2, -0.15) is 0 Å². The summed E-state index contributed by atoms with van der Waals surface area (Å²) in [6.07, 6.45) is 0. The van der Waals surface area contributed by atoms with E-state index in [2.05, 4.69) is 122 Å². The molecule has 1 aliphatic carbocycles. The largest absolute Gasteiger partial charge is 0.307 e. The standard InChI is InChI=1S/C33H23NS/c1-33(2)27-14-8-6-12-21(27)23-16-17-24-25-18-19-26-22-13-7-9-15-28(22)35-32(26)31(25)34(30(24)29(23)33)20-10-4-3-5-11-20/h3-19H,1-2H3. The van der Waals surface area contributed by atoms with Gasteiger partial charge in [0, 0.05) is 37.3 Å². The van der Waals surface area contributed by atoms with Crippen LogP contribution in [0.3, 0.4) is 0 Å². The second kappa shape index (κ2) is 6.62. The van der Waals surface area contributed by atoms with Gasteiger partial charge in [-0.3, -0.25) is 0 Å². The third kappa shape index (κ3) is 2.38. The van der Waals surface area contributed by atoms with Crippen LogP contribution in [-0.4, -0.2) is 4.57 Å². The summed E-state index contributed by atoms with van der Waals surface area (Å²) in [5, 5.41) is 5.36. The minimum absolute atomic E-state index is 0.0778. The van der Waals surface area contributed by atoms with Crippen LogP contribution in [0.1, 0.15) is 25.0 Å². The molecule has 0 saturated carbocycles. The Hall–Kier alpha value is -3.88. The summed E-state index contributed by atoms with van der Waals surface area (Å²) in [5.41, 5.74) is 9.39. The van der Waals surface area contributed by atoms with Gasteiger partial charge >= 0.3 is 0 Å². The van der Waals surface area contributed by atoms with Crippen LogP contribution < -0.4 is 0 Å². The molecule has 1 aliphatic rings. The molecule has 35 heavy (non-hydrogen) atoms. The molecular weight excluding hydrogens is 442 g/mol. The summed E-state index contributed by atoms with van der Waals surface area (Å²) in [7, 11) is 0. The lowest BCUT2D eigenvalue weighted by Crippen LogP contribution is -2.16. The number of aromatic nitrogens is 1. The Morgan fingerprint density at radius 1 is 0.571 bits per heavy atom. The first-order valence-electron chi connectivity index (χ1n) is 12.2. The molecule has 0 radical (unpaired) electrons. The van der Waals surface area contributed by atoms with Gasteiger partial charge in [-0.25, -0.2) is 0 Å². The van der Waals surface area contributed by atoms with Gasteiger partial charge in [0.15, 0.2) is 0 Å². The van der Waals surface area contributed by atoms with Gasteiger partial charge in [0.1, 0.15) is 0 Å². The maximum atomic E-state index is 2.55. The van der Waals surface area contributed by atoms with E-state index in [9.17, 15) is 0 Å². The predicted octanol–water partition coefficient (Wildman–Crippen LogP) is 9.46. The van der Waals surface area contributed by atoms with Gasteiger partial charge in [0.05, 0.1) is 15.7 Å². The van der Waals surface area contributed by atoms with Crippen molar-refractivity contribution in [1.82, 2.24) is 4.57 Å². The second-order valence-corrected chi connectivity index (χ2v) is 11.2.